The van der Waals surface area contributed by atoms with Gasteiger partial charge in [-0.1, -0.05) is 317 Å². The van der Waals surface area contributed by atoms with Crippen LogP contribution in [0.5, 0.6) is 0 Å². The largest absolute Gasteiger partial charge is 0.310 e. The van der Waals surface area contributed by atoms with Crippen molar-refractivity contribution in [1.82, 2.24) is 17.9 Å². The van der Waals surface area contributed by atoms with E-state index >= 15 is 0 Å². The van der Waals surface area contributed by atoms with Gasteiger partial charge < -0.3 is 27.7 Å². The number of anilines is 6. The van der Waals surface area contributed by atoms with Crippen LogP contribution in [0.15, 0.2) is 400 Å². The molecule has 0 unspecified atom stereocenters. The molecule has 25 aromatic rings. The van der Waals surface area contributed by atoms with Crippen molar-refractivity contribution in [2.45, 2.75) is 78.6 Å². The van der Waals surface area contributed by atoms with E-state index < -0.39 is 71.3 Å². The van der Waals surface area contributed by atoms with E-state index in [-0.39, 0.29) is 91.0 Å². The van der Waals surface area contributed by atoms with Crippen molar-refractivity contribution in [3.63, 3.8) is 0 Å². The molecular formula is C126H93BN6. The summed E-state index contributed by atoms with van der Waals surface area (Å²) < 4.78 is 150. The smallest absolute Gasteiger partial charge is 0.252 e. The number of benzene rings is 19. The Balaban J connectivity index is 0.857. The Kier molecular flexibility index (Phi) is 13.6. The second-order valence-corrected chi connectivity index (χ2v) is 39.2. The van der Waals surface area contributed by atoms with Gasteiger partial charge in [0.25, 0.3) is 6.71 Å². The van der Waals surface area contributed by atoms with Gasteiger partial charge in [0.05, 0.1) is 85.7 Å². The monoisotopic (exact) mass is 1710 g/mol. The van der Waals surface area contributed by atoms with Crippen molar-refractivity contribution in [3.05, 3.63) is 417 Å². The van der Waals surface area contributed by atoms with E-state index in [4.69, 9.17) is 0 Å². The lowest BCUT2D eigenvalue weighted by Crippen LogP contribution is -2.61. The fraction of sp³-hybridized carbons (Fsp3) is 0.0952. The molecule has 0 spiro atoms. The first kappa shape index (κ1) is 63.9. The number of hydrogen-bond donors (Lipinski definition) is 0. The highest BCUT2D eigenvalue weighted by molar-refractivity contribution is 7.00. The van der Waals surface area contributed by atoms with E-state index in [1.54, 1.807) is 33.4 Å². The molecule has 19 aromatic carbocycles. The summed E-state index contributed by atoms with van der Waals surface area (Å²) in [5, 5.41) is 8.80. The average Bonchev–Trinajstić information content (AvgIpc) is 1.66. The summed E-state index contributed by atoms with van der Waals surface area (Å²) in [5.74, 6) is 0. The van der Waals surface area contributed by atoms with Crippen LogP contribution in [0.25, 0.3) is 198 Å². The highest BCUT2D eigenvalue weighted by atomic mass is 15.2. The quantitative estimate of drug-likeness (QED) is 0.128. The van der Waals surface area contributed by atoms with Crippen LogP contribution in [-0.2, 0) is 16.2 Å². The van der Waals surface area contributed by atoms with Crippen LogP contribution >= 0.6 is 0 Å². The predicted octanol–water partition coefficient (Wildman–Crippen LogP) is 32.2. The van der Waals surface area contributed by atoms with Gasteiger partial charge in [-0.3, -0.25) is 0 Å². The second-order valence-electron chi connectivity index (χ2n) is 39.2. The molecule has 0 fully saturated rings. The Morgan fingerprint density at radius 1 is 0.233 bits per heavy atom. The summed E-state index contributed by atoms with van der Waals surface area (Å²) in [4.78, 5) is 4.92. The molecule has 6 aromatic heterocycles. The third-order valence-electron chi connectivity index (χ3n) is 28.5. The van der Waals surface area contributed by atoms with Crippen molar-refractivity contribution < 1.29 is 19.2 Å². The van der Waals surface area contributed by atoms with Crippen LogP contribution < -0.4 is 26.2 Å². The molecule has 2 aliphatic heterocycles. The zero-order chi connectivity index (χ0) is 101. The fourth-order valence-electron chi connectivity index (χ4n) is 22.1. The number of aromatic nitrogens is 4. The van der Waals surface area contributed by atoms with Gasteiger partial charge in [-0.05, 0) is 239 Å². The summed E-state index contributed by atoms with van der Waals surface area (Å²) in [6, 6.07) is 105. The first-order valence-corrected chi connectivity index (χ1v) is 45.8. The normalized spacial score (nSPS) is 14.6. The van der Waals surface area contributed by atoms with Crippen molar-refractivity contribution in [1.29, 1.82) is 0 Å². The molecule has 8 heterocycles. The van der Waals surface area contributed by atoms with Crippen LogP contribution in [0.4, 0.5) is 34.1 Å². The third-order valence-corrected chi connectivity index (χ3v) is 28.5. The summed E-state index contributed by atoms with van der Waals surface area (Å²) in [6.45, 7) is 19.5. The molecule has 0 amide bonds. The highest BCUT2D eigenvalue weighted by Gasteiger charge is 2.47. The van der Waals surface area contributed by atoms with Crippen LogP contribution in [0.3, 0.4) is 0 Å². The van der Waals surface area contributed by atoms with Crippen molar-refractivity contribution in [2.24, 2.45) is 0 Å². The molecule has 2 aliphatic rings. The van der Waals surface area contributed by atoms with E-state index in [1.165, 1.54) is 0 Å². The maximum atomic E-state index is 10.6. The lowest BCUT2D eigenvalue weighted by Gasteiger charge is -2.47. The standard InChI is InChI=1S/C126H93BN6/c1-124(2,3)84-68-95(78-38-18-12-19-39-78)120(97(70-84)82-64-101-91-44-24-30-50-109(91)130-110-51-31-25-45-92(110)102(65-82)122(101)130)132-115-74-87(128-107-48-28-22-42-89(107)99-62-80(54-60-113(99)128)76-34-14-10-15-35-76)56-58-105(115)127-106-59-57-88(129-108-49-29-23-43-90(108)100-63-81(55-61-114(100)129)77-36-16-11-17-37-77)75-116(106)133(118-73-86(126(7,8)9)72-117(132)119(118)127)121-96(79-40-20-13-21-41-79)69-85(125(4,5)6)71-98(121)83-66-103-93-46-26-32-52-111(93)131-112-53-33-27-47-94(112)104(67-83)123(103)131/h10-75H,1-9H3/i22D,23D,28D,29D,42D,43D,48D,49D,54D,55D,60D,61D,62D,63D. The molecular weight excluding hydrogens is 1610 g/mol. The number of para-hydroxylation sites is 6. The van der Waals surface area contributed by atoms with Crippen LogP contribution in [-0.4, -0.2) is 24.6 Å². The number of nitrogens with zero attached hydrogens (tertiary/aromatic N) is 6. The minimum atomic E-state index is -0.815. The van der Waals surface area contributed by atoms with Crippen molar-refractivity contribution in [3.8, 4) is 78.1 Å². The molecule has 0 atom stereocenters. The molecule has 0 saturated heterocycles. The van der Waals surface area contributed by atoms with E-state index in [0.29, 0.717) is 33.9 Å². The van der Waals surface area contributed by atoms with Gasteiger partial charge in [-0.2, -0.15) is 0 Å². The van der Waals surface area contributed by atoms with Gasteiger partial charge in [0.2, 0.25) is 0 Å². The van der Waals surface area contributed by atoms with Crippen LogP contribution in [0.1, 0.15) is 98.2 Å². The summed E-state index contributed by atoms with van der Waals surface area (Å²) in [6.07, 6.45) is 0. The van der Waals surface area contributed by atoms with Crippen molar-refractivity contribution in [2.75, 3.05) is 9.80 Å². The SMILES string of the molecule is [2H]c1c([2H])c([2H])c2c(c1[2H])c1c([2H])c(-c3ccccc3)c([2H])c([2H])c1n2-c1ccc2c(c1)N(c1c(-c3ccccc3)cc(C(C)(C)C)cc1-c1cc3c4ccccc4n4c5ccccc5c(c1)c34)c1cc(C(C)(C)C)cc3c1B2c1ccc(-n2c4c([2H])c([2H])c([2H])c([2H])c4c4c([2H])c(-c5ccccc5)c([2H])c([2H])c42)cc1N3c1c(-c2ccccc2)cc(C(C)(C)C)cc1-c1cc2c3ccccc3n3c4ccccc4c(c1)c23. The number of rotatable bonds is 10. The molecule has 7 heteroatoms. The predicted molar refractivity (Wildman–Crippen MR) is 567 cm³/mol. The van der Waals surface area contributed by atoms with Gasteiger partial charge in [-0.25, -0.2) is 0 Å². The van der Waals surface area contributed by atoms with E-state index in [9.17, 15) is 19.2 Å². The van der Waals surface area contributed by atoms with Crippen LogP contribution in [0, 0.1) is 0 Å². The Hall–Kier alpha value is -16.0. The molecule has 133 heavy (non-hydrogen) atoms. The van der Waals surface area contributed by atoms with Crippen LogP contribution in [0.2, 0.25) is 0 Å². The van der Waals surface area contributed by atoms with Gasteiger partial charge in [0.1, 0.15) is 0 Å². The Labute approximate surface area is 792 Å². The molecule has 630 valence electrons. The second kappa shape index (κ2) is 28.3. The molecule has 0 radical (unpaired) electrons. The van der Waals surface area contributed by atoms with Crippen molar-refractivity contribution >= 4 is 177 Å². The van der Waals surface area contributed by atoms with E-state index in [2.05, 4.69) is 311 Å². The Bertz CT molecular complexity index is 9400. The zero-order valence-corrected chi connectivity index (χ0v) is 74.8. The summed E-state index contributed by atoms with van der Waals surface area (Å²) in [7, 11) is 0. The molecule has 27 rings (SSSR count). The number of hydrogen-bond acceptors (Lipinski definition) is 2. The van der Waals surface area contributed by atoms with E-state index in [0.717, 1.165) is 177 Å². The number of fused-ring (bicyclic) bond motifs is 22. The Morgan fingerprint density at radius 2 is 0.541 bits per heavy atom. The van der Waals surface area contributed by atoms with E-state index in [1.807, 2.05) is 60.7 Å². The van der Waals surface area contributed by atoms with Gasteiger partial charge in [0, 0.05) is 121 Å². The average molecular weight is 1720 g/mol. The highest BCUT2D eigenvalue weighted by Crippen LogP contribution is 2.58. The molecule has 6 nitrogen and oxygen atoms in total. The molecule has 0 bridgehead atoms. The zero-order valence-electron chi connectivity index (χ0n) is 88.8. The van der Waals surface area contributed by atoms with Gasteiger partial charge >= 0.3 is 0 Å². The van der Waals surface area contributed by atoms with Gasteiger partial charge in [0.15, 0.2) is 0 Å². The topological polar surface area (TPSA) is 25.2 Å². The Morgan fingerprint density at radius 3 is 0.895 bits per heavy atom. The minimum absolute atomic E-state index is 0.0160. The summed E-state index contributed by atoms with van der Waals surface area (Å²) >= 11 is 0. The third kappa shape index (κ3) is 11.4. The lowest BCUT2D eigenvalue weighted by atomic mass is 9.33. The maximum Gasteiger partial charge on any atom is 0.252 e. The first-order valence-electron chi connectivity index (χ1n) is 52.8. The molecule has 0 saturated carbocycles. The summed E-state index contributed by atoms with van der Waals surface area (Å²) in [5.41, 5.74) is 23.9. The molecule has 0 aliphatic carbocycles. The lowest BCUT2D eigenvalue weighted by molar-refractivity contribution is 0.590. The minimum Gasteiger partial charge on any atom is -0.310 e. The first-order chi connectivity index (χ1) is 70.7. The maximum absolute atomic E-state index is 10.6. The van der Waals surface area contributed by atoms with Gasteiger partial charge in [-0.15, -0.1) is 0 Å². The molecule has 0 N–H and O–H groups in total. The fourth-order valence-corrected chi connectivity index (χ4v) is 22.1.